The average Bonchev–Trinajstić information content (AvgIpc) is 2.69. The number of hydrogen-bond acceptors (Lipinski definition) is 3. The minimum atomic E-state index is 0.646. The Hall–Kier alpha value is -0.930. The van der Waals surface area contributed by atoms with Gasteiger partial charge in [0.05, 0.1) is 0 Å². The van der Waals surface area contributed by atoms with Gasteiger partial charge in [-0.3, -0.25) is 4.98 Å². The summed E-state index contributed by atoms with van der Waals surface area (Å²) in [6, 6.07) is 4.75. The maximum absolute atomic E-state index is 3.99. The molecule has 70 valence electrons. The van der Waals surface area contributed by atoms with Crippen LogP contribution in [0.1, 0.15) is 12.0 Å². The highest BCUT2D eigenvalue weighted by atomic mass is 15.0. The van der Waals surface area contributed by atoms with Crippen LogP contribution in [-0.4, -0.2) is 24.1 Å². The van der Waals surface area contributed by atoms with Gasteiger partial charge in [0.1, 0.15) is 0 Å². The fourth-order valence-corrected chi connectivity index (χ4v) is 1.59. The predicted octanol–water partition coefficient (Wildman–Crippen LogP) is 0.533. The van der Waals surface area contributed by atoms with Crippen LogP contribution in [0.25, 0.3) is 0 Å². The van der Waals surface area contributed by atoms with Crippen LogP contribution in [0.2, 0.25) is 0 Å². The van der Waals surface area contributed by atoms with Gasteiger partial charge in [0.25, 0.3) is 0 Å². The van der Waals surface area contributed by atoms with E-state index in [4.69, 9.17) is 0 Å². The largest absolute Gasteiger partial charge is 0.315 e. The van der Waals surface area contributed by atoms with Crippen molar-refractivity contribution >= 4 is 0 Å². The second-order valence-corrected chi connectivity index (χ2v) is 3.43. The van der Waals surface area contributed by atoms with Crippen molar-refractivity contribution in [2.24, 2.45) is 0 Å². The lowest BCUT2D eigenvalue weighted by atomic mass is 10.2. The topological polar surface area (TPSA) is 37.0 Å². The van der Waals surface area contributed by atoms with Gasteiger partial charge in [0.15, 0.2) is 0 Å². The first-order valence-corrected chi connectivity index (χ1v) is 4.78. The van der Waals surface area contributed by atoms with Crippen molar-refractivity contribution in [1.82, 2.24) is 15.6 Å². The number of hydrogen-bond donors (Lipinski definition) is 2. The first-order chi connectivity index (χ1) is 6.45. The highest BCUT2D eigenvalue weighted by molar-refractivity contribution is 5.09. The molecule has 3 nitrogen and oxygen atoms in total. The number of rotatable bonds is 3. The third-order valence-corrected chi connectivity index (χ3v) is 2.40. The molecule has 0 bridgehead atoms. The highest BCUT2D eigenvalue weighted by Gasteiger charge is 2.12. The molecule has 0 aliphatic carbocycles. The van der Waals surface area contributed by atoms with Crippen molar-refractivity contribution in [2.75, 3.05) is 13.1 Å². The van der Waals surface area contributed by atoms with Crippen molar-refractivity contribution in [3.63, 3.8) is 0 Å². The molecule has 13 heavy (non-hydrogen) atoms. The van der Waals surface area contributed by atoms with E-state index in [0.717, 1.165) is 19.6 Å². The molecule has 1 saturated heterocycles. The molecule has 1 aliphatic heterocycles. The lowest BCUT2D eigenvalue weighted by Gasteiger charge is -2.10. The Bertz CT molecular complexity index is 242. The van der Waals surface area contributed by atoms with Crippen molar-refractivity contribution < 1.29 is 0 Å². The molecule has 1 aromatic rings. The molecule has 1 aliphatic rings. The van der Waals surface area contributed by atoms with Gasteiger partial charge in [-0.15, -0.1) is 0 Å². The van der Waals surface area contributed by atoms with Gasteiger partial charge in [-0.2, -0.15) is 0 Å². The summed E-state index contributed by atoms with van der Waals surface area (Å²) in [5.41, 5.74) is 1.31. The summed E-state index contributed by atoms with van der Waals surface area (Å²) in [5.74, 6) is 0. The molecule has 1 atom stereocenters. The van der Waals surface area contributed by atoms with E-state index in [0.29, 0.717) is 6.04 Å². The van der Waals surface area contributed by atoms with E-state index in [-0.39, 0.29) is 0 Å². The van der Waals surface area contributed by atoms with E-state index in [1.165, 1.54) is 12.0 Å². The Kier molecular flexibility index (Phi) is 2.90. The zero-order valence-corrected chi connectivity index (χ0v) is 7.66. The molecule has 0 spiro atoms. The SMILES string of the molecule is c1cc(CN[C@@H]2CCNC2)ccn1. The second kappa shape index (κ2) is 4.35. The molecule has 2 N–H and O–H groups in total. The molecule has 0 amide bonds. The Morgan fingerprint density at radius 3 is 3.00 bits per heavy atom. The van der Waals surface area contributed by atoms with Crippen LogP contribution in [0, 0.1) is 0 Å². The molecule has 2 rings (SSSR count). The molecule has 0 aromatic carbocycles. The lowest BCUT2D eigenvalue weighted by molar-refractivity contribution is 0.547. The van der Waals surface area contributed by atoms with E-state index < -0.39 is 0 Å². The summed E-state index contributed by atoms with van der Waals surface area (Å²) in [5, 5.41) is 6.84. The normalized spacial score (nSPS) is 22.0. The monoisotopic (exact) mass is 177 g/mol. The lowest BCUT2D eigenvalue weighted by Crippen LogP contribution is -2.30. The van der Waals surface area contributed by atoms with Gasteiger partial charge < -0.3 is 10.6 Å². The maximum Gasteiger partial charge on any atom is 0.0271 e. The Balaban J connectivity index is 1.79. The highest BCUT2D eigenvalue weighted by Crippen LogP contribution is 2.00. The van der Waals surface area contributed by atoms with Gasteiger partial charge in [0, 0.05) is 31.5 Å². The van der Waals surface area contributed by atoms with Crippen LogP contribution in [0.3, 0.4) is 0 Å². The summed E-state index contributed by atoms with van der Waals surface area (Å²) in [4.78, 5) is 3.99. The number of pyridine rings is 1. The molecule has 2 heterocycles. The van der Waals surface area contributed by atoms with E-state index in [1.807, 2.05) is 12.4 Å². The van der Waals surface area contributed by atoms with Crippen molar-refractivity contribution in [2.45, 2.75) is 19.0 Å². The molecular weight excluding hydrogens is 162 g/mol. The smallest absolute Gasteiger partial charge is 0.0271 e. The number of nitrogens with zero attached hydrogens (tertiary/aromatic N) is 1. The predicted molar refractivity (Wildman–Crippen MR) is 52.4 cm³/mol. The minimum Gasteiger partial charge on any atom is -0.315 e. The molecule has 3 heteroatoms. The van der Waals surface area contributed by atoms with Crippen molar-refractivity contribution in [3.8, 4) is 0 Å². The zero-order chi connectivity index (χ0) is 8.93. The van der Waals surface area contributed by atoms with Gasteiger partial charge in [-0.1, -0.05) is 0 Å². The quantitative estimate of drug-likeness (QED) is 0.707. The Morgan fingerprint density at radius 2 is 2.31 bits per heavy atom. The number of aromatic nitrogens is 1. The van der Waals surface area contributed by atoms with Gasteiger partial charge in [0.2, 0.25) is 0 Å². The molecule has 1 fully saturated rings. The van der Waals surface area contributed by atoms with Crippen LogP contribution in [-0.2, 0) is 6.54 Å². The molecular formula is C10H15N3. The first kappa shape index (κ1) is 8.66. The second-order valence-electron chi connectivity index (χ2n) is 3.43. The van der Waals surface area contributed by atoms with Crippen LogP contribution in [0.15, 0.2) is 24.5 Å². The van der Waals surface area contributed by atoms with Gasteiger partial charge >= 0.3 is 0 Å². The fraction of sp³-hybridized carbons (Fsp3) is 0.500. The van der Waals surface area contributed by atoms with Crippen LogP contribution in [0.5, 0.6) is 0 Å². The fourth-order valence-electron chi connectivity index (χ4n) is 1.59. The first-order valence-electron chi connectivity index (χ1n) is 4.78. The van der Waals surface area contributed by atoms with Crippen molar-refractivity contribution in [3.05, 3.63) is 30.1 Å². The van der Waals surface area contributed by atoms with Crippen LogP contribution >= 0.6 is 0 Å². The summed E-state index contributed by atoms with van der Waals surface area (Å²) in [6.07, 6.45) is 4.92. The summed E-state index contributed by atoms with van der Waals surface area (Å²) < 4.78 is 0. The standard InChI is InChI=1S/C10H15N3/c1-4-11-5-2-9(1)7-13-10-3-6-12-8-10/h1-2,4-5,10,12-13H,3,6-8H2/t10-/m1/s1. The number of nitrogens with one attached hydrogen (secondary N) is 2. The maximum atomic E-state index is 3.99. The van der Waals surface area contributed by atoms with E-state index in [1.54, 1.807) is 0 Å². The molecule has 0 saturated carbocycles. The third kappa shape index (κ3) is 2.50. The van der Waals surface area contributed by atoms with Crippen LogP contribution in [0.4, 0.5) is 0 Å². The Labute approximate surface area is 78.6 Å². The summed E-state index contributed by atoms with van der Waals surface area (Å²) >= 11 is 0. The zero-order valence-electron chi connectivity index (χ0n) is 7.66. The van der Waals surface area contributed by atoms with Crippen LogP contribution < -0.4 is 10.6 Å². The molecule has 0 radical (unpaired) electrons. The molecule has 0 unspecified atom stereocenters. The summed E-state index contributed by atoms with van der Waals surface area (Å²) in [6.45, 7) is 3.20. The van der Waals surface area contributed by atoms with E-state index in [2.05, 4.69) is 27.8 Å². The Morgan fingerprint density at radius 1 is 1.46 bits per heavy atom. The van der Waals surface area contributed by atoms with E-state index in [9.17, 15) is 0 Å². The minimum absolute atomic E-state index is 0.646. The van der Waals surface area contributed by atoms with Crippen molar-refractivity contribution in [1.29, 1.82) is 0 Å². The third-order valence-electron chi connectivity index (χ3n) is 2.40. The summed E-state index contributed by atoms with van der Waals surface area (Å²) in [7, 11) is 0. The van der Waals surface area contributed by atoms with Gasteiger partial charge in [-0.05, 0) is 30.7 Å². The van der Waals surface area contributed by atoms with Gasteiger partial charge in [-0.25, -0.2) is 0 Å². The average molecular weight is 177 g/mol. The van der Waals surface area contributed by atoms with E-state index >= 15 is 0 Å². The molecule has 1 aromatic heterocycles.